The van der Waals surface area contributed by atoms with Crippen molar-refractivity contribution >= 4 is 0 Å². The predicted molar refractivity (Wildman–Crippen MR) is 61.6 cm³/mol. The Kier molecular flexibility index (Phi) is 6.34. The number of aliphatic hydroxyl groups excluding tert-OH is 3. The van der Waals surface area contributed by atoms with E-state index in [0.29, 0.717) is 19.4 Å². The second-order valence-electron chi connectivity index (χ2n) is 4.10. The lowest BCUT2D eigenvalue weighted by Crippen LogP contribution is -2.58. The summed E-state index contributed by atoms with van der Waals surface area (Å²) in [6, 6.07) is 0. The predicted octanol–water partition coefficient (Wildman–Crippen LogP) is -0.0790. The third-order valence-corrected chi connectivity index (χ3v) is 2.82. The molecule has 0 radical (unpaired) electrons. The molecule has 1 aliphatic heterocycles. The van der Waals surface area contributed by atoms with Crippen LogP contribution in [0.1, 0.15) is 19.8 Å². The molecule has 0 aliphatic carbocycles. The number of hydrogen-bond donors (Lipinski definition) is 3. The van der Waals surface area contributed by atoms with E-state index in [-0.39, 0.29) is 6.61 Å². The summed E-state index contributed by atoms with van der Waals surface area (Å²) in [5, 5.41) is 32.3. The molecule has 18 heavy (non-hydrogen) atoms. The normalized spacial score (nSPS) is 36.1. The lowest BCUT2D eigenvalue weighted by Gasteiger charge is -2.40. The molecule has 1 rings (SSSR count). The fraction of sp³-hybridized carbons (Fsp3) is 1.00. The van der Waals surface area contributed by atoms with Gasteiger partial charge < -0.3 is 24.8 Å². The quantitative estimate of drug-likeness (QED) is 0.266. The first kappa shape index (κ1) is 15.2. The zero-order valence-electron chi connectivity index (χ0n) is 10.2. The molecule has 1 saturated heterocycles. The smallest absolute Gasteiger partial charge is 0.186 e. The second kappa shape index (κ2) is 7.52. The Bertz CT molecular complexity index is 295. The molecule has 0 spiro atoms. The summed E-state index contributed by atoms with van der Waals surface area (Å²) in [4.78, 5) is 2.60. The summed E-state index contributed by atoms with van der Waals surface area (Å²) < 4.78 is 10.6. The van der Waals surface area contributed by atoms with Gasteiger partial charge in [0.15, 0.2) is 6.29 Å². The highest BCUT2D eigenvalue weighted by atomic mass is 16.7. The maximum Gasteiger partial charge on any atom is 0.186 e. The van der Waals surface area contributed by atoms with E-state index >= 15 is 0 Å². The number of hydrogen-bond acceptors (Lipinski definition) is 6. The van der Waals surface area contributed by atoms with E-state index in [1.54, 1.807) is 6.92 Å². The van der Waals surface area contributed by atoms with Crippen LogP contribution in [0.5, 0.6) is 0 Å². The number of azide groups is 1. The van der Waals surface area contributed by atoms with E-state index in [0.717, 1.165) is 0 Å². The molecule has 8 nitrogen and oxygen atoms in total. The first-order valence-electron chi connectivity index (χ1n) is 5.94. The molecule has 0 saturated carbocycles. The van der Waals surface area contributed by atoms with Crippen LogP contribution in [-0.4, -0.2) is 59.2 Å². The topological polar surface area (TPSA) is 128 Å². The molecule has 8 heteroatoms. The highest BCUT2D eigenvalue weighted by Gasteiger charge is 2.43. The van der Waals surface area contributed by atoms with Gasteiger partial charge in [-0.2, -0.15) is 0 Å². The largest absolute Gasteiger partial charge is 0.388 e. The molecule has 5 atom stereocenters. The minimum atomic E-state index is -1.29. The molecule has 104 valence electrons. The third kappa shape index (κ3) is 3.81. The Labute approximate surface area is 105 Å². The van der Waals surface area contributed by atoms with E-state index in [2.05, 4.69) is 10.0 Å². The van der Waals surface area contributed by atoms with Crippen molar-refractivity contribution in [3.8, 4) is 0 Å². The van der Waals surface area contributed by atoms with Gasteiger partial charge in [0.2, 0.25) is 0 Å². The minimum Gasteiger partial charge on any atom is -0.388 e. The van der Waals surface area contributed by atoms with Gasteiger partial charge in [0.25, 0.3) is 0 Å². The molecule has 0 amide bonds. The molecule has 1 heterocycles. The molecule has 1 fully saturated rings. The Morgan fingerprint density at radius 3 is 2.61 bits per heavy atom. The maximum atomic E-state index is 9.68. The average Bonchev–Trinajstić information content (AvgIpc) is 2.38. The number of aliphatic hydroxyl groups is 3. The first-order valence-corrected chi connectivity index (χ1v) is 5.94. The molecule has 0 aromatic rings. The van der Waals surface area contributed by atoms with Crippen molar-refractivity contribution in [2.75, 3.05) is 13.2 Å². The summed E-state index contributed by atoms with van der Waals surface area (Å²) in [6.07, 6.45) is -4.23. The van der Waals surface area contributed by atoms with Gasteiger partial charge in [-0.05, 0) is 18.4 Å². The van der Waals surface area contributed by atoms with Crippen molar-refractivity contribution in [1.29, 1.82) is 0 Å². The van der Waals surface area contributed by atoms with Crippen LogP contribution in [0.3, 0.4) is 0 Å². The summed E-state index contributed by atoms with van der Waals surface area (Å²) in [7, 11) is 0. The highest BCUT2D eigenvalue weighted by Crippen LogP contribution is 2.23. The SMILES string of the molecule is CCC1O[C@@H](OCCCN=[N+]=[N-])C(O)C(O)[C@@H]1O. The van der Waals surface area contributed by atoms with Crippen molar-refractivity contribution in [2.45, 2.75) is 50.5 Å². The fourth-order valence-electron chi connectivity index (χ4n) is 1.77. The molecule has 3 N–H and O–H groups in total. The van der Waals surface area contributed by atoms with Crippen molar-refractivity contribution in [1.82, 2.24) is 0 Å². The maximum absolute atomic E-state index is 9.68. The molecule has 0 aromatic heterocycles. The van der Waals surface area contributed by atoms with Gasteiger partial charge in [0.1, 0.15) is 18.3 Å². The van der Waals surface area contributed by atoms with Crippen LogP contribution in [0.2, 0.25) is 0 Å². The van der Waals surface area contributed by atoms with Gasteiger partial charge in [-0.25, -0.2) is 0 Å². The van der Waals surface area contributed by atoms with Crippen LogP contribution in [0.25, 0.3) is 10.4 Å². The van der Waals surface area contributed by atoms with Gasteiger partial charge >= 0.3 is 0 Å². The van der Waals surface area contributed by atoms with Gasteiger partial charge in [-0.3, -0.25) is 0 Å². The van der Waals surface area contributed by atoms with Crippen molar-refractivity contribution < 1.29 is 24.8 Å². The zero-order valence-corrected chi connectivity index (χ0v) is 10.2. The monoisotopic (exact) mass is 261 g/mol. The molecule has 3 unspecified atom stereocenters. The number of ether oxygens (including phenoxy) is 2. The molecule has 0 aromatic carbocycles. The average molecular weight is 261 g/mol. The van der Waals surface area contributed by atoms with Crippen molar-refractivity contribution in [3.05, 3.63) is 10.4 Å². The van der Waals surface area contributed by atoms with E-state index in [9.17, 15) is 15.3 Å². The van der Waals surface area contributed by atoms with Crippen LogP contribution < -0.4 is 0 Å². The zero-order chi connectivity index (χ0) is 13.5. The van der Waals surface area contributed by atoms with E-state index in [4.69, 9.17) is 15.0 Å². The minimum absolute atomic E-state index is 0.236. The van der Waals surface area contributed by atoms with E-state index in [1.165, 1.54) is 0 Å². The van der Waals surface area contributed by atoms with Crippen molar-refractivity contribution in [2.24, 2.45) is 5.11 Å². The van der Waals surface area contributed by atoms with Crippen LogP contribution >= 0.6 is 0 Å². The molecule has 1 aliphatic rings. The highest BCUT2D eigenvalue weighted by molar-refractivity contribution is 4.88. The van der Waals surface area contributed by atoms with Crippen LogP contribution in [0.15, 0.2) is 5.11 Å². The van der Waals surface area contributed by atoms with E-state index in [1.807, 2.05) is 0 Å². The van der Waals surface area contributed by atoms with Gasteiger partial charge in [-0.1, -0.05) is 12.0 Å². The Balaban J connectivity index is 2.41. The number of rotatable bonds is 6. The lowest BCUT2D eigenvalue weighted by atomic mass is 9.97. The van der Waals surface area contributed by atoms with Crippen LogP contribution in [-0.2, 0) is 9.47 Å². The Morgan fingerprint density at radius 1 is 1.28 bits per heavy atom. The number of nitrogens with zero attached hydrogens (tertiary/aromatic N) is 3. The summed E-state index contributed by atoms with van der Waals surface area (Å²) in [5.41, 5.74) is 8.08. The lowest BCUT2D eigenvalue weighted by molar-refractivity contribution is -0.296. The van der Waals surface area contributed by atoms with Gasteiger partial charge in [-0.15, -0.1) is 0 Å². The van der Waals surface area contributed by atoms with Gasteiger partial charge in [0.05, 0.1) is 6.10 Å². The van der Waals surface area contributed by atoms with E-state index < -0.39 is 30.7 Å². The summed E-state index contributed by atoms with van der Waals surface area (Å²) >= 11 is 0. The first-order chi connectivity index (χ1) is 8.61. The summed E-state index contributed by atoms with van der Waals surface area (Å²) in [5.74, 6) is 0. The molecular weight excluding hydrogens is 242 g/mol. The summed E-state index contributed by atoms with van der Waals surface area (Å²) in [6.45, 7) is 2.33. The molecular formula is C10H19N3O5. The molecule has 0 bridgehead atoms. The van der Waals surface area contributed by atoms with Gasteiger partial charge in [0, 0.05) is 18.1 Å². The standard InChI is InChI=1S/C10H19N3O5/c1-2-6-7(14)8(15)9(16)10(18-6)17-5-3-4-12-13-11/h6-10,14-16H,2-5H2,1H3/t6?,7-,8?,9?,10-/m1/s1. The fourth-order valence-corrected chi connectivity index (χ4v) is 1.77. The second-order valence-corrected chi connectivity index (χ2v) is 4.10. The van der Waals surface area contributed by atoms with Crippen molar-refractivity contribution in [3.63, 3.8) is 0 Å². The Morgan fingerprint density at radius 2 is 2.00 bits per heavy atom. The Hall–Kier alpha value is -0.890. The van der Waals surface area contributed by atoms with Crippen LogP contribution in [0, 0.1) is 0 Å². The van der Waals surface area contributed by atoms with Crippen LogP contribution in [0.4, 0.5) is 0 Å². The third-order valence-electron chi connectivity index (χ3n) is 2.82.